The van der Waals surface area contributed by atoms with Crippen molar-refractivity contribution in [3.8, 4) is 0 Å². The van der Waals surface area contributed by atoms with Crippen LogP contribution in [0.3, 0.4) is 0 Å². The van der Waals surface area contributed by atoms with Gasteiger partial charge in [0.05, 0.1) is 24.2 Å². The zero-order valence-corrected chi connectivity index (χ0v) is 15.1. The van der Waals surface area contributed by atoms with E-state index in [0.717, 1.165) is 47.9 Å². The van der Waals surface area contributed by atoms with Crippen molar-refractivity contribution in [2.24, 2.45) is 0 Å². The standard InChI is InChI=1S/C19H20N8/c1-13-10-26(19-15-9-22-25-18(15)20-12-21-19)11-17-24-23-16(27(13)17)8-7-14-5-3-2-4-6-14/h2-6,9,12-13H,7-8,10-11H2,1H3,(H,20,21,22,25)/t13-/m0/s1. The summed E-state index contributed by atoms with van der Waals surface area (Å²) in [5, 5.41) is 16.9. The summed E-state index contributed by atoms with van der Waals surface area (Å²) >= 11 is 0. The lowest BCUT2D eigenvalue weighted by molar-refractivity contribution is 0.447. The normalized spacial score (nSPS) is 16.6. The molecule has 0 unspecified atom stereocenters. The third-order valence-electron chi connectivity index (χ3n) is 5.10. The minimum absolute atomic E-state index is 0.270. The Labute approximate surface area is 156 Å². The third kappa shape index (κ3) is 2.83. The number of nitrogens with one attached hydrogen (secondary N) is 1. The smallest absolute Gasteiger partial charge is 0.160 e. The van der Waals surface area contributed by atoms with Gasteiger partial charge in [0.15, 0.2) is 11.5 Å². The molecule has 0 radical (unpaired) electrons. The predicted molar refractivity (Wildman–Crippen MR) is 101 cm³/mol. The second kappa shape index (κ2) is 6.46. The molecule has 0 saturated heterocycles. The summed E-state index contributed by atoms with van der Waals surface area (Å²) in [5.41, 5.74) is 2.08. The second-order valence-electron chi connectivity index (χ2n) is 6.95. The van der Waals surface area contributed by atoms with E-state index in [1.165, 1.54) is 5.56 Å². The van der Waals surface area contributed by atoms with Gasteiger partial charge in [-0.1, -0.05) is 30.3 Å². The Morgan fingerprint density at radius 3 is 2.89 bits per heavy atom. The summed E-state index contributed by atoms with van der Waals surface area (Å²) in [4.78, 5) is 10.9. The molecule has 5 rings (SSSR count). The fourth-order valence-corrected chi connectivity index (χ4v) is 3.85. The van der Waals surface area contributed by atoms with Crippen molar-refractivity contribution in [3.05, 3.63) is 60.1 Å². The lowest BCUT2D eigenvalue weighted by Gasteiger charge is -2.33. The molecule has 1 aromatic carbocycles. The first-order valence-electron chi connectivity index (χ1n) is 9.15. The lowest BCUT2D eigenvalue weighted by Crippen LogP contribution is -2.37. The highest BCUT2D eigenvalue weighted by atomic mass is 15.4. The fraction of sp³-hybridized carbons (Fsp3) is 0.316. The van der Waals surface area contributed by atoms with Crippen molar-refractivity contribution < 1.29 is 0 Å². The van der Waals surface area contributed by atoms with Crippen LogP contribution >= 0.6 is 0 Å². The number of benzene rings is 1. The monoisotopic (exact) mass is 360 g/mol. The molecule has 1 aliphatic rings. The van der Waals surface area contributed by atoms with E-state index in [-0.39, 0.29) is 6.04 Å². The molecule has 3 aromatic heterocycles. The molecule has 0 aliphatic carbocycles. The summed E-state index contributed by atoms with van der Waals surface area (Å²) < 4.78 is 2.28. The van der Waals surface area contributed by atoms with Gasteiger partial charge in [-0.25, -0.2) is 9.97 Å². The number of fused-ring (bicyclic) bond motifs is 2. The largest absolute Gasteiger partial charge is 0.346 e. The molecule has 0 fully saturated rings. The Balaban J connectivity index is 1.40. The minimum Gasteiger partial charge on any atom is -0.346 e. The number of hydrogen-bond acceptors (Lipinski definition) is 6. The van der Waals surface area contributed by atoms with E-state index in [1.54, 1.807) is 12.5 Å². The molecule has 0 saturated carbocycles. The summed E-state index contributed by atoms with van der Waals surface area (Å²) in [6, 6.07) is 10.8. The number of H-pyrrole nitrogens is 1. The maximum Gasteiger partial charge on any atom is 0.160 e. The molecule has 0 amide bonds. The molecule has 0 bridgehead atoms. The van der Waals surface area contributed by atoms with E-state index >= 15 is 0 Å². The quantitative estimate of drug-likeness (QED) is 0.601. The van der Waals surface area contributed by atoms with Gasteiger partial charge in [-0.3, -0.25) is 5.10 Å². The van der Waals surface area contributed by atoms with E-state index in [0.29, 0.717) is 6.54 Å². The van der Waals surface area contributed by atoms with Crippen molar-refractivity contribution in [2.75, 3.05) is 11.4 Å². The summed E-state index contributed by atoms with van der Waals surface area (Å²) in [7, 11) is 0. The van der Waals surface area contributed by atoms with Gasteiger partial charge >= 0.3 is 0 Å². The van der Waals surface area contributed by atoms with Crippen LogP contribution in [0.5, 0.6) is 0 Å². The van der Waals surface area contributed by atoms with Crippen molar-refractivity contribution in [1.82, 2.24) is 34.9 Å². The number of aromatic nitrogens is 7. The Hall–Kier alpha value is -3.29. The van der Waals surface area contributed by atoms with Crippen LogP contribution in [0.1, 0.15) is 30.2 Å². The molecule has 4 aromatic rings. The van der Waals surface area contributed by atoms with Crippen LogP contribution in [0.4, 0.5) is 5.82 Å². The average Bonchev–Trinajstić information content (AvgIpc) is 3.34. The molecule has 8 nitrogen and oxygen atoms in total. The van der Waals surface area contributed by atoms with Gasteiger partial charge in [0.25, 0.3) is 0 Å². The number of nitrogens with zero attached hydrogens (tertiary/aromatic N) is 7. The van der Waals surface area contributed by atoms with E-state index in [9.17, 15) is 0 Å². The molecular formula is C19H20N8. The first-order chi connectivity index (χ1) is 13.3. The highest BCUT2D eigenvalue weighted by molar-refractivity contribution is 5.86. The molecule has 4 heterocycles. The second-order valence-corrected chi connectivity index (χ2v) is 6.95. The zero-order valence-electron chi connectivity index (χ0n) is 15.1. The topological polar surface area (TPSA) is 88.4 Å². The average molecular weight is 360 g/mol. The van der Waals surface area contributed by atoms with Crippen LogP contribution in [0.15, 0.2) is 42.9 Å². The summed E-state index contributed by atoms with van der Waals surface area (Å²) in [6.07, 6.45) is 5.21. The van der Waals surface area contributed by atoms with E-state index in [2.05, 4.69) is 71.0 Å². The molecule has 1 N–H and O–H groups in total. The lowest BCUT2D eigenvalue weighted by atomic mass is 10.1. The third-order valence-corrected chi connectivity index (χ3v) is 5.10. The molecular weight excluding hydrogens is 340 g/mol. The number of aromatic amines is 1. The summed E-state index contributed by atoms with van der Waals surface area (Å²) in [5.74, 6) is 2.92. The van der Waals surface area contributed by atoms with Crippen LogP contribution in [-0.4, -0.2) is 41.5 Å². The Bertz CT molecular complexity index is 1070. The summed E-state index contributed by atoms with van der Waals surface area (Å²) in [6.45, 7) is 3.74. The van der Waals surface area contributed by atoms with Crippen molar-refractivity contribution in [2.45, 2.75) is 32.4 Å². The van der Waals surface area contributed by atoms with Gasteiger partial charge in [0.1, 0.15) is 18.0 Å². The van der Waals surface area contributed by atoms with Gasteiger partial charge in [0.2, 0.25) is 0 Å². The van der Waals surface area contributed by atoms with Crippen molar-refractivity contribution in [3.63, 3.8) is 0 Å². The van der Waals surface area contributed by atoms with Crippen molar-refractivity contribution >= 4 is 16.9 Å². The van der Waals surface area contributed by atoms with Crippen LogP contribution in [0, 0.1) is 0 Å². The number of aryl methyl sites for hydroxylation is 2. The highest BCUT2D eigenvalue weighted by Crippen LogP contribution is 2.29. The molecule has 0 spiro atoms. The van der Waals surface area contributed by atoms with E-state index in [4.69, 9.17) is 0 Å². The van der Waals surface area contributed by atoms with Gasteiger partial charge in [-0.15, -0.1) is 10.2 Å². The van der Waals surface area contributed by atoms with E-state index in [1.807, 2.05) is 6.07 Å². The molecule has 27 heavy (non-hydrogen) atoms. The Morgan fingerprint density at radius 2 is 2.00 bits per heavy atom. The van der Waals surface area contributed by atoms with Crippen LogP contribution in [-0.2, 0) is 19.4 Å². The van der Waals surface area contributed by atoms with Crippen LogP contribution in [0.2, 0.25) is 0 Å². The molecule has 1 atom stereocenters. The predicted octanol–water partition coefficient (Wildman–Crippen LogP) is 2.31. The van der Waals surface area contributed by atoms with E-state index < -0.39 is 0 Å². The Morgan fingerprint density at radius 1 is 1.11 bits per heavy atom. The molecule has 136 valence electrons. The van der Waals surface area contributed by atoms with Crippen molar-refractivity contribution in [1.29, 1.82) is 0 Å². The maximum atomic E-state index is 4.49. The molecule has 1 aliphatic heterocycles. The van der Waals surface area contributed by atoms with Crippen LogP contribution < -0.4 is 4.90 Å². The number of hydrogen-bond donors (Lipinski definition) is 1. The first kappa shape index (κ1) is 15.9. The highest BCUT2D eigenvalue weighted by Gasteiger charge is 2.28. The molecule has 8 heteroatoms. The van der Waals surface area contributed by atoms with Gasteiger partial charge in [-0.2, -0.15) is 5.10 Å². The van der Waals surface area contributed by atoms with Gasteiger partial charge in [-0.05, 0) is 18.9 Å². The fourth-order valence-electron chi connectivity index (χ4n) is 3.85. The number of rotatable bonds is 4. The Kier molecular flexibility index (Phi) is 3.81. The number of anilines is 1. The van der Waals surface area contributed by atoms with Gasteiger partial charge < -0.3 is 9.47 Å². The minimum atomic E-state index is 0.270. The van der Waals surface area contributed by atoms with Gasteiger partial charge in [0, 0.05) is 13.0 Å². The maximum absolute atomic E-state index is 4.49. The SMILES string of the molecule is C[C@H]1CN(c2ncnc3[nH]ncc23)Cc2nnc(CCc3ccccc3)n21. The van der Waals surface area contributed by atoms with Crippen LogP contribution in [0.25, 0.3) is 11.0 Å². The zero-order chi connectivity index (χ0) is 18.2. The first-order valence-corrected chi connectivity index (χ1v) is 9.15.